The van der Waals surface area contributed by atoms with Crippen molar-refractivity contribution in [1.29, 1.82) is 0 Å². The summed E-state index contributed by atoms with van der Waals surface area (Å²) in [4.78, 5) is 16.8. The number of nitrogens with zero attached hydrogens (tertiary/aromatic N) is 2. The Labute approximate surface area is 160 Å². The third kappa shape index (κ3) is 4.36. The number of sulfonamides is 1. The van der Waals surface area contributed by atoms with Gasteiger partial charge < -0.3 is 5.32 Å². The van der Waals surface area contributed by atoms with Crippen molar-refractivity contribution >= 4 is 15.9 Å². The molecule has 1 aliphatic heterocycles. The van der Waals surface area contributed by atoms with Crippen LogP contribution < -0.4 is 5.32 Å². The molecule has 3 rings (SSSR count). The van der Waals surface area contributed by atoms with Crippen LogP contribution in [0.1, 0.15) is 47.7 Å². The van der Waals surface area contributed by atoms with Crippen molar-refractivity contribution in [1.82, 2.24) is 14.6 Å². The number of aromatic nitrogens is 1. The lowest BCUT2D eigenvalue weighted by Crippen LogP contribution is -2.42. The molecule has 7 heteroatoms. The SMILES string of the molecule is Cc1ccc(S(=O)(=O)N2CCCCC2C)cc1C(=O)NCc1ccncc1. The second kappa shape index (κ2) is 8.19. The summed E-state index contributed by atoms with van der Waals surface area (Å²) in [5.74, 6) is -0.284. The molecular formula is C20H25N3O3S. The van der Waals surface area contributed by atoms with Crippen molar-refractivity contribution in [3.05, 3.63) is 59.4 Å². The number of carbonyl (C=O) groups is 1. The zero-order valence-corrected chi connectivity index (χ0v) is 16.5. The number of benzene rings is 1. The first-order valence-corrected chi connectivity index (χ1v) is 10.6. The van der Waals surface area contributed by atoms with Crippen molar-refractivity contribution in [2.45, 2.75) is 50.6 Å². The fourth-order valence-corrected chi connectivity index (χ4v) is 5.07. The molecule has 1 N–H and O–H groups in total. The Morgan fingerprint density at radius 1 is 1.22 bits per heavy atom. The highest BCUT2D eigenvalue weighted by Gasteiger charge is 2.31. The van der Waals surface area contributed by atoms with Crippen LogP contribution in [0.5, 0.6) is 0 Å². The Bertz CT molecular complexity index is 913. The topological polar surface area (TPSA) is 79.4 Å². The van der Waals surface area contributed by atoms with Gasteiger partial charge in [0.2, 0.25) is 10.0 Å². The van der Waals surface area contributed by atoms with Crippen LogP contribution in [0.3, 0.4) is 0 Å². The number of aryl methyl sites for hydroxylation is 1. The molecule has 1 fully saturated rings. The molecule has 144 valence electrons. The van der Waals surface area contributed by atoms with Crippen molar-refractivity contribution < 1.29 is 13.2 Å². The van der Waals surface area contributed by atoms with Gasteiger partial charge in [-0.2, -0.15) is 4.31 Å². The maximum atomic E-state index is 13.1. The normalized spacial score (nSPS) is 18.2. The largest absolute Gasteiger partial charge is 0.348 e. The van der Waals surface area contributed by atoms with Gasteiger partial charge in [0, 0.05) is 37.1 Å². The van der Waals surface area contributed by atoms with Crippen LogP contribution in [0.2, 0.25) is 0 Å². The van der Waals surface area contributed by atoms with E-state index in [0.717, 1.165) is 30.4 Å². The Kier molecular flexibility index (Phi) is 5.92. The van der Waals surface area contributed by atoms with E-state index in [9.17, 15) is 13.2 Å². The van der Waals surface area contributed by atoms with Crippen LogP contribution >= 0.6 is 0 Å². The molecule has 1 saturated heterocycles. The lowest BCUT2D eigenvalue weighted by Gasteiger charge is -2.32. The van der Waals surface area contributed by atoms with Gasteiger partial charge in [-0.05, 0) is 62.1 Å². The van der Waals surface area contributed by atoms with E-state index in [4.69, 9.17) is 0 Å². The molecule has 0 radical (unpaired) electrons. The molecule has 2 heterocycles. The van der Waals surface area contributed by atoms with Crippen molar-refractivity contribution in [3.63, 3.8) is 0 Å². The summed E-state index contributed by atoms with van der Waals surface area (Å²) in [6.07, 6.45) is 6.11. The lowest BCUT2D eigenvalue weighted by atomic mass is 10.1. The van der Waals surface area contributed by atoms with Crippen LogP contribution in [0.4, 0.5) is 0 Å². The van der Waals surface area contributed by atoms with E-state index in [0.29, 0.717) is 18.7 Å². The van der Waals surface area contributed by atoms with Crippen LogP contribution in [0.25, 0.3) is 0 Å². The van der Waals surface area contributed by atoms with E-state index in [-0.39, 0.29) is 16.8 Å². The fourth-order valence-electron chi connectivity index (χ4n) is 3.35. The minimum Gasteiger partial charge on any atom is -0.348 e. The molecule has 0 aliphatic carbocycles. The number of pyridine rings is 1. The van der Waals surface area contributed by atoms with Crippen LogP contribution in [-0.4, -0.2) is 36.2 Å². The maximum Gasteiger partial charge on any atom is 0.251 e. The van der Waals surface area contributed by atoms with E-state index in [2.05, 4.69) is 10.3 Å². The van der Waals surface area contributed by atoms with Crippen LogP contribution in [-0.2, 0) is 16.6 Å². The third-order valence-corrected chi connectivity index (χ3v) is 7.01. The smallest absolute Gasteiger partial charge is 0.251 e. The number of carbonyl (C=O) groups excluding carboxylic acids is 1. The molecule has 1 atom stereocenters. The van der Waals surface area contributed by atoms with Crippen LogP contribution in [0, 0.1) is 6.92 Å². The molecule has 6 nitrogen and oxygen atoms in total. The monoisotopic (exact) mass is 387 g/mol. The summed E-state index contributed by atoms with van der Waals surface area (Å²) >= 11 is 0. The molecule has 1 amide bonds. The highest BCUT2D eigenvalue weighted by Crippen LogP contribution is 2.26. The van der Waals surface area contributed by atoms with Gasteiger partial charge in [0.15, 0.2) is 0 Å². The number of hydrogen-bond acceptors (Lipinski definition) is 4. The number of rotatable bonds is 5. The first-order chi connectivity index (χ1) is 12.9. The number of piperidine rings is 1. The first kappa shape index (κ1) is 19.5. The Morgan fingerprint density at radius 2 is 1.96 bits per heavy atom. The summed E-state index contributed by atoms with van der Waals surface area (Å²) in [6.45, 7) is 4.64. The first-order valence-electron chi connectivity index (χ1n) is 9.19. The Balaban J connectivity index is 1.82. The zero-order chi connectivity index (χ0) is 19.4. The highest BCUT2D eigenvalue weighted by molar-refractivity contribution is 7.89. The molecule has 0 spiro atoms. The second-order valence-electron chi connectivity index (χ2n) is 6.98. The lowest BCUT2D eigenvalue weighted by molar-refractivity contribution is 0.0950. The van der Waals surface area contributed by atoms with E-state index in [1.54, 1.807) is 35.8 Å². The maximum absolute atomic E-state index is 13.1. The number of hydrogen-bond donors (Lipinski definition) is 1. The second-order valence-corrected chi connectivity index (χ2v) is 8.87. The summed E-state index contributed by atoms with van der Waals surface area (Å²) in [6, 6.07) is 8.41. The molecule has 0 bridgehead atoms. The van der Waals surface area contributed by atoms with Gasteiger partial charge in [-0.25, -0.2) is 8.42 Å². The van der Waals surface area contributed by atoms with E-state index in [1.165, 1.54) is 6.07 Å². The van der Waals surface area contributed by atoms with Crippen molar-refractivity contribution in [3.8, 4) is 0 Å². The molecule has 0 saturated carbocycles. The Hall–Kier alpha value is -2.25. The standard InChI is InChI=1S/C20H25N3O3S/c1-15-6-7-18(27(25,26)23-12-4-3-5-16(23)2)13-19(15)20(24)22-14-17-8-10-21-11-9-17/h6-11,13,16H,3-5,12,14H2,1-2H3,(H,22,24). The van der Waals surface area contributed by atoms with Gasteiger partial charge in [0.1, 0.15) is 0 Å². The fraction of sp³-hybridized carbons (Fsp3) is 0.400. The summed E-state index contributed by atoms with van der Waals surface area (Å²) < 4.78 is 27.7. The molecule has 2 aromatic rings. The Morgan fingerprint density at radius 3 is 2.67 bits per heavy atom. The minimum absolute atomic E-state index is 0.0194. The zero-order valence-electron chi connectivity index (χ0n) is 15.7. The third-order valence-electron chi connectivity index (χ3n) is 5.00. The summed E-state index contributed by atoms with van der Waals surface area (Å²) in [7, 11) is -3.61. The summed E-state index contributed by atoms with van der Waals surface area (Å²) in [5, 5.41) is 2.85. The van der Waals surface area contributed by atoms with Gasteiger partial charge in [-0.1, -0.05) is 12.5 Å². The molecule has 1 aromatic carbocycles. The van der Waals surface area contributed by atoms with Gasteiger partial charge >= 0.3 is 0 Å². The summed E-state index contributed by atoms with van der Waals surface area (Å²) in [5.41, 5.74) is 2.06. The van der Waals surface area contributed by atoms with Gasteiger partial charge in [-0.3, -0.25) is 9.78 Å². The minimum atomic E-state index is -3.61. The van der Waals surface area contributed by atoms with Gasteiger partial charge in [0.05, 0.1) is 4.90 Å². The average Bonchev–Trinajstić information content (AvgIpc) is 2.67. The van der Waals surface area contributed by atoms with Crippen molar-refractivity contribution in [2.24, 2.45) is 0 Å². The van der Waals surface area contributed by atoms with Gasteiger partial charge in [-0.15, -0.1) is 0 Å². The van der Waals surface area contributed by atoms with E-state index < -0.39 is 10.0 Å². The molecular weight excluding hydrogens is 362 g/mol. The van der Waals surface area contributed by atoms with E-state index >= 15 is 0 Å². The number of amides is 1. The van der Waals surface area contributed by atoms with Crippen LogP contribution in [0.15, 0.2) is 47.6 Å². The van der Waals surface area contributed by atoms with E-state index in [1.807, 2.05) is 19.1 Å². The number of nitrogens with one attached hydrogen (secondary N) is 1. The molecule has 1 aliphatic rings. The molecule has 27 heavy (non-hydrogen) atoms. The molecule has 1 aromatic heterocycles. The van der Waals surface area contributed by atoms with Crippen molar-refractivity contribution in [2.75, 3.05) is 6.54 Å². The van der Waals surface area contributed by atoms with Gasteiger partial charge in [0.25, 0.3) is 5.91 Å². The predicted octanol–water partition coefficient (Wildman–Crippen LogP) is 2.88. The highest BCUT2D eigenvalue weighted by atomic mass is 32.2. The average molecular weight is 388 g/mol. The quantitative estimate of drug-likeness (QED) is 0.856. The predicted molar refractivity (Wildman–Crippen MR) is 104 cm³/mol. The molecule has 1 unspecified atom stereocenters.